The molecular weight excluding hydrogens is 302 g/mol. The lowest BCUT2D eigenvalue weighted by Crippen LogP contribution is -2.32. The molecule has 3 nitrogen and oxygen atoms in total. The molecule has 0 saturated heterocycles. The predicted octanol–water partition coefficient (Wildman–Crippen LogP) is 2.56. The van der Waals surface area contributed by atoms with Crippen LogP contribution < -0.4 is 10.6 Å². The van der Waals surface area contributed by atoms with Gasteiger partial charge < -0.3 is 10.6 Å². The van der Waals surface area contributed by atoms with E-state index >= 15 is 0 Å². The minimum Gasteiger partial charge on any atom is -0.329 e. The van der Waals surface area contributed by atoms with E-state index in [1.54, 1.807) is 0 Å². The SMILES string of the molecule is CC(=O)NC(=S)Nc1c(F)cc(F)cc1Br. The van der Waals surface area contributed by atoms with Gasteiger partial charge in [0, 0.05) is 17.5 Å². The van der Waals surface area contributed by atoms with Crippen molar-refractivity contribution in [3.05, 3.63) is 28.2 Å². The quantitative estimate of drug-likeness (QED) is 0.784. The van der Waals surface area contributed by atoms with Gasteiger partial charge in [-0.2, -0.15) is 0 Å². The van der Waals surface area contributed by atoms with Crippen LogP contribution in [0.4, 0.5) is 14.5 Å². The number of halogens is 3. The molecule has 1 aromatic carbocycles. The number of benzene rings is 1. The molecule has 1 rings (SSSR count). The van der Waals surface area contributed by atoms with Crippen LogP contribution in [-0.2, 0) is 4.79 Å². The maximum Gasteiger partial charge on any atom is 0.222 e. The van der Waals surface area contributed by atoms with Crippen molar-refractivity contribution in [1.82, 2.24) is 5.32 Å². The van der Waals surface area contributed by atoms with E-state index in [1.807, 2.05) is 0 Å². The van der Waals surface area contributed by atoms with Crippen LogP contribution in [0.25, 0.3) is 0 Å². The first-order chi connectivity index (χ1) is 7.40. The molecule has 0 aliphatic rings. The van der Waals surface area contributed by atoms with Crippen LogP contribution in [0.1, 0.15) is 6.92 Å². The molecule has 0 aromatic heterocycles. The summed E-state index contributed by atoms with van der Waals surface area (Å²) < 4.78 is 26.2. The zero-order valence-corrected chi connectivity index (χ0v) is 10.5. The van der Waals surface area contributed by atoms with Crippen molar-refractivity contribution in [2.24, 2.45) is 0 Å². The molecule has 0 saturated carbocycles. The van der Waals surface area contributed by atoms with Gasteiger partial charge in [-0.15, -0.1) is 0 Å². The largest absolute Gasteiger partial charge is 0.329 e. The fourth-order valence-corrected chi connectivity index (χ4v) is 1.72. The first-order valence-electron chi connectivity index (χ1n) is 4.13. The second-order valence-corrected chi connectivity index (χ2v) is 4.14. The molecule has 86 valence electrons. The van der Waals surface area contributed by atoms with Gasteiger partial charge in [0.2, 0.25) is 5.91 Å². The summed E-state index contributed by atoms with van der Waals surface area (Å²) in [7, 11) is 0. The highest BCUT2D eigenvalue weighted by Crippen LogP contribution is 2.26. The van der Waals surface area contributed by atoms with Crippen molar-refractivity contribution < 1.29 is 13.6 Å². The Kier molecular flexibility index (Phi) is 4.31. The Labute approximate surface area is 104 Å². The van der Waals surface area contributed by atoms with Gasteiger partial charge in [0.05, 0.1) is 5.69 Å². The molecule has 0 radical (unpaired) electrons. The van der Waals surface area contributed by atoms with Gasteiger partial charge in [-0.3, -0.25) is 4.79 Å². The van der Waals surface area contributed by atoms with Gasteiger partial charge in [-0.25, -0.2) is 8.78 Å². The Balaban J connectivity index is 2.89. The maximum absolute atomic E-state index is 13.3. The standard InChI is InChI=1S/C9H7BrF2N2OS/c1-4(15)13-9(16)14-8-6(10)2-5(11)3-7(8)12/h2-3H,1H3,(H2,13,14,15,16). The van der Waals surface area contributed by atoms with E-state index in [0.717, 1.165) is 6.07 Å². The Bertz CT molecular complexity index is 430. The van der Waals surface area contributed by atoms with Gasteiger partial charge in [0.15, 0.2) is 10.9 Å². The normalized spacial score (nSPS) is 9.75. The highest BCUT2D eigenvalue weighted by molar-refractivity contribution is 9.10. The lowest BCUT2D eigenvalue weighted by molar-refractivity contribution is -0.117. The number of hydrogen-bond donors (Lipinski definition) is 2. The van der Waals surface area contributed by atoms with Gasteiger partial charge >= 0.3 is 0 Å². The average Bonchev–Trinajstić information content (AvgIpc) is 2.09. The summed E-state index contributed by atoms with van der Waals surface area (Å²) in [6, 6.07) is 1.80. The van der Waals surface area contributed by atoms with E-state index in [9.17, 15) is 13.6 Å². The first-order valence-corrected chi connectivity index (χ1v) is 5.33. The number of thiocarbonyl (C=S) groups is 1. The molecule has 0 spiro atoms. The zero-order valence-electron chi connectivity index (χ0n) is 8.11. The average molecular weight is 309 g/mol. The third kappa shape index (κ3) is 3.49. The lowest BCUT2D eigenvalue weighted by atomic mass is 10.3. The number of carbonyl (C=O) groups is 1. The molecule has 1 aromatic rings. The first kappa shape index (κ1) is 13.0. The summed E-state index contributed by atoms with van der Waals surface area (Å²) in [4.78, 5) is 10.7. The molecular formula is C9H7BrF2N2OS. The Morgan fingerprint density at radius 2 is 2.06 bits per heavy atom. The molecule has 16 heavy (non-hydrogen) atoms. The van der Waals surface area contributed by atoms with Crippen molar-refractivity contribution in [2.45, 2.75) is 6.92 Å². The summed E-state index contributed by atoms with van der Waals surface area (Å²) in [5, 5.41) is 4.65. The lowest BCUT2D eigenvalue weighted by Gasteiger charge is -2.10. The highest BCUT2D eigenvalue weighted by Gasteiger charge is 2.11. The van der Waals surface area contributed by atoms with Crippen LogP contribution in [-0.4, -0.2) is 11.0 Å². The molecule has 0 atom stereocenters. The summed E-state index contributed by atoms with van der Waals surface area (Å²) in [6.07, 6.45) is 0. The van der Waals surface area contributed by atoms with Crippen molar-refractivity contribution in [3.63, 3.8) is 0 Å². The third-order valence-electron chi connectivity index (χ3n) is 1.53. The van der Waals surface area contributed by atoms with Gasteiger partial charge in [0.25, 0.3) is 0 Å². The second kappa shape index (κ2) is 5.31. The van der Waals surface area contributed by atoms with E-state index < -0.39 is 11.6 Å². The number of hydrogen-bond acceptors (Lipinski definition) is 2. The minimum absolute atomic E-state index is 0.0276. The van der Waals surface area contributed by atoms with E-state index in [0.29, 0.717) is 6.07 Å². The van der Waals surface area contributed by atoms with Gasteiger partial charge in [0.1, 0.15) is 5.82 Å². The monoisotopic (exact) mass is 308 g/mol. The number of amides is 1. The molecule has 0 unspecified atom stereocenters. The fourth-order valence-electron chi connectivity index (χ4n) is 0.966. The molecule has 7 heteroatoms. The van der Waals surface area contributed by atoms with E-state index in [2.05, 4.69) is 26.6 Å². The summed E-state index contributed by atoms with van der Waals surface area (Å²) in [6.45, 7) is 1.27. The van der Waals surface area contributed by atoms with Crippen LogP contribution in [0, 0.1) is 11.6 Å². The van der Waals surface area contributed by atoms with Gasteiger partial charge in [-0.05, 0) is 34.2 Å². The summed E-state index contributed by atoms with van der Waals surface area (Å²) in [5.74, 6) is -1.89. The number of anilines is 1. The molecule has 0 aliphatic heterocycles. The second-order valence-electron chi connectivity index (χ2n) is 2.88. The molecule has 1 amide bonds. The van der Waals surface area contributed by atoms with Crippen LogP contribution in [0.15, 0.2) is 16.6 Å². The Hall–Kier alpha value is -1.08. The molecule has 0 fully saturated rings. The Morgan fingerprint density at radius 1 is 1.44 bits per heavy atom. The number of carbonyl (C=O) groups excluding carboxylic acids is 1. The summed E-state index contributed by atoms with van der Waals surface area (Å²) >= 11 is 7.72. The van der Waals surface area contributed by atoms with Crippen molar-refractivity contribution in [3.8, 4) is 0 Å². The minimum atomic E-state index is -0.806. The van der Waals surface area contributed by atoms with Crippen molar-refractivity contribution >= 4 is 44.9 Å². The molecule has 2 N–H and O–H groups in total. The third-order valence-corrected chi connectivity index (χ3v) is 2.36. The van der Waals surface area contributed by atoms with Crippen molar-refractivity contribution in [1.29, 1.82) is 0 Å². The van der Waals surface area contributed by atoms with Gasteiger partial charge in [-0.1, -0.05) is 0 Å². The fraction of sp³-hybridized carbons (Fsp3) is 0.111. The van der Waals surface area contributed by atoms with Crippen molar-refractivity contribution in [2.75, 3.05) is 5.32 Å². The van der Waals surface area contributed by atoms with E-state index in [1.165, 1.54) is 6.92 Å². The van der Waals surface area contributed by atoms with Crippen LogP contribution in [0.5, 0.6) is 0 Å². The van der Waals surface area contributed by atoms with Crippen LogP contribution in [0.2, 0.25) is 0 Å². The van der Waals surface area contributed by atoms with E-state index in [4.69, 9.17) is 12.2 Å². The smallest absolute Gasteiger partial charge is 0.222 e. The number of nitrogens with one attached hydrogen (secondary N) is 2. The van der Waals surface area contributed by atoms with E-state index in [-0.39, 0.29) is 21.2 Å². The highest BCUT2D eigenvalue weighted by atomic mass is 79.9. The predicted molar refractivity (Wildman–Crippen MR) is 64.1 cm³/mol. The maximum atomic E-state index is 13.3. The Morgan fingerprint density at radius 3 is 2.56 bits per heavy atom. The zero-order chi connectivity index (χ0) is 12.3. The summed E-state index contributed by atoms with van der Waals surface area (Å²) in [5.41, 5.74) is -0.0276. The molecule has 0 aliphatic carbocycles. The number of rotatable bonds is 1. The van der Waals surface area contributed by atoms with Crippen LogP contribution >= 0.6 is 28.1 Å². The van der Waals surface area contributed by atoms with Crippen LogP contribution in [0.3, 0.4) is 0 Å². The topological polar surface area (TPSA) is 41.1 Å². The molecule has 0 bridgehead atoms. The molecule has 0 heterocycles.